The summed E-state index contributed by atoms with van der Waals surface area (Å²) in [6.45, 7) is 3.75. The molecule has 0 saturated carbocycles. The Hall–Kier alpha value is 0.0700. The summed E-state index contributed by atoms with van der Waals surface area (Å²) in [6, 6.07) is 0. The molecule has 0 aromatic carbocycles. The normalized spacial score (nSPS) is 8.62. The van der Waals surface area contributed by atoms with Gasteiger partial charge in [0.1, 0.15) is 0 Å². The Morgan fingerprint density at radius 1 is 2.00 bits per heavy atom. The fourth-order valence-electron chi connectivity index (χ4n) is 0.133. The van der Waals surface area contributed by atoms with E-state index in [1.165, 1.54) is 0 Å². The van der Waals surface area contributed by atoms with Crippen molar-refractivity contribution in [1.29, 1.82) is 0 Å². The Morgan fingerprint density at radius 2 is 2.62 bits per heavy atom. The van der Waals surface area contributed by atoms with Crippen molar-refractivity contribution in [3.63, 3.8) is 0 Å². The van der Waals surface area contributed by atoms with Crippen LogP contribution in [0, 0.1) is 0 Å². The van der Waals surface area contributed by atoms with Crippen molar-refractivity contribution in [2.24, 2.45) is 0 Å². The van der Waals surface area contributed by atoms with Gasteiger partial charge in [-0.15, -0.1) is 6.58 Å². The lowest BCUT2D eigenvalue weighted by Crippen LogP contribution is -1.80. The van der Waals surface area contributed by atoms with Crippen LogP contribution in [0.2, 0.25) is 0 Å². The quantitative estimate of drug-likeness (QED) is 0.288. The number of carbonyl (C=O) groups excluding carboxylic acids is 1. The number of thiol groups is 1. The molecule has 0 amide bonds. The maximum atomic E-state index is 9.99. The lowest BCUT2D eigenvalue weighted by atomic mass is 10.7. The topological polar surface area (TPSA) is 26.3 Å². The van der Waals surface area contributed by atoms with Gasteiger partial charge in [-0.3, -0.25) is 4.79 Å². The molecule has 0 bridgehead atoms. The molecule has 0 atom stereocenters. The molecule has 4 heteroatoms. The molecule has 0 aromatic rings. The van der Waals surface area contributed by atoms with Crippen LogP contribution in [0.25, 0.3) is 0 Å². The smallest absolute Gasteiger partial charge is 0.269 e. The van der Waals surface area contributed by atoms with Gasteiger partial charge in [0.2, 0.25) is 0 Å². The molecule has 0 unspecified atom stereocenters. The highest BCUT2D eigenvalue weighted by molar-refractivity contribution is 8.29. The van der Waals surface area contributed by atoms with E-state index in [-0.39, 0.29) is 4.45 Å². The summed E-state index contributed by atoms with van der Waals surface area (Å²) in [6.07, 6.45) is 1.56. The molecular weight excluding hydrogens is 144 g/mol. The first-order valence-electron chi connectivity index (χ1n) is 1.90. The van der Waals surface area contributed by atoms with Crippen LogP contribution in [0.15, 0.2) is 12.7 Å². The Morgan fingerprint density at radius 3 is 3.00 bits per heavy atom. The van der Waals surface area contributed by atoms with E-state index >= 15 is 0 Å². The molecule has 0 fully saturated rings. The number of hydrogen-bond acceptors (Lipinski definition) is 3. The fraction of sp³-hybridized carbons (Fsp3) is 0.250. The molecule has 0 spiro atoms. The summed E-state index contributed by atoms with van der Waals surface area (Å²) < 4.78 is 4.28. The first-order chi connectivity index (χ1) is 3.77. The highest BCUT2D eigenvalue weighted by atomic mass is 32.2. The van der Waals surface area contributed by atoms with Gasteiger partial charge in [-0.2, -0.15) is 0 Å². The molecule has 0 N–H and O–H groups in total. The van der Waals surface area contributed by atoms with E-state index in [1.54, 1.807) is 6.08 Å². The third-order valence-corrected chi connectivity index (χ3v) is 0.936. The van der Waals surface area contributed by atoms with E-state index in [1.807, 2.05) is 0 Å². The van der Waals surface area contributed by atoms with E-state index in [9.17, 15) is 4.79 Å². The third kappa shape index (κ3) is 6.07. The summed E-state index contributed by atoms with van der Waals surface area (Å²) in [5, 5.41) is 0. The van der Waals surface area contributed by atoms with Crippen molar-refractivity contribution in [3.05, 3.63) is 12.7 Å². The van der Waals surface area contributed by atoms with E-state index in [0.717, 1.165) is 0 Å². The van der Waals surface area contributed by atoms with E-state index in [4.69, 9.17) is 0 Å². The maximum absolute atomic E-state index is 9.99. The number of hydrogen-bond donors (Lipinski definition) is 1. The minimum atomic E-state index is -0.341. The predicted molar refractivity (Wildman–Crippen MR) is 38.1 cm³/mol. The largest absolute Gasteiger partial charge is 0.303 e. The van der Waals surface area contributed by atoms with E-state index in [2.05, 4.69) is 23.4 Å². The Labute approximate surface area is 57.9 Å². The Kier molecular flexibility index (Phi) is 5.26. The zero-order valence-electron chi connectivity index (χ0n) is 4.16. The molecule has 0 aliphatic carbocycles. The van der Waals surface area contributed by atoms with Gasteiger partial charge in [0.15, 0.2) is 0 Å². The van der Waals surface area contributed by atoms with Crippen molar-refractivity contribution >= 4 is 29.1 Å². The minimum absolute atomic E-state index is 0.341. The Bertz CT molecular complexity index is 92.0. The van der Waals surface area contributed by atoms with Crippen LogP contribution in [0.3, 0.4) is 0 Å². The average molecular weight is 150 g/mol. The predicted octanol–water partition coefficient (Wildman–Crippen LogP) is 1.89. The molecule has 8 heavy (non-hydrogen) atoms. The first-order valence-corrected chi connectivity index (χ1v) is 3.09. The van der Waals surface area contributed by atoms with Crippen LogP contribution in [0.5, 0.6) is 0 Å². The zero-order chi connectivity index (χ0) is 6.41. The lowest BCUT2D eigenvalue weighted by Gasteiger charge is -1.89. The number of carbonyl (C=O) groups is 1. The molecule has 2 nitrogen and oxygen atoms in total. The van der Waals surface area contributed by atoms with Gasteiger partial charge in [0, 0.05) is 0 Å². The van der Waals surface area contributed by atoms with Crippen LogP contribution in [-0.2, 0) is 4.18 Å². The zero-order valence-corrected chi connectivity index (χ0v) is 5.87. The summed E-state index contributed by atoms with van der Waals surface area (Å²) >= 11 is 4.15. The highest BCUT2D eigenvalue weighted by Crippen LogP contribution is 2.07. The lowest BCUT2D eigenvalue weighted by molar-refractivity contribution is 0.275. The third-order valence-electron chi connectivity index (χ3n) is 0.316. The van der Waals surface area contributed by atoms with Gasteiger partial charge in [0.25, 0.3) is 4.45 Å². The van der Waals surface area contributed by atoms with E-state index < -0.39 is 0 Å². The highest BCUT2D eigenvalue weighted by Gasteiger charge is 1.91. The molecular formula is C4H6O2S2. The van der Waals surface area contributed by atoms with Gasteiger partial charge in [0.05, 0.1) is 18.6 Å². The number of rotatable bonds is 3. The second-order valence-corrected chi connectivity index (χ2v) is 2.40. The SMILES string of the molecule is C=CCOSC(=O)S. The van der Waals surface area contributed by atoms with Crippen molar-refractivity contribution < 1.29 is 8.98 Å². The Balaban J connectivity index is 2.93. The van der Waals surface area contributed by atoms with Gasteiger partial charge < -0.3 is 4.18 Å². The van der Waals surface area contributed by atoms with Crippen LogP contribution in [0.4, 0.5) is 4.79 Å². The minimum Gasteiger partial charge on any atom is -0.303 e. The molecule has 0 radical (unpaired) electrons. The van der Waals surface area contributed by atoms with Gasteiger partial charge in [-0.1, -0.05) is 18.7 Å². The fourth-order valence-corrected chi connectivity index (χ4v) is 0.556. The summed E-state index contributed by atoms with van der Waals surface area (Å²) in [5.41, 5.74) is 0. The van der Waals surface area contributed by atoms with Gasteiger partial charge in [-0.25, -0.2) is 0 Å². The molecule has 0 aromatic heterocycles. The van der Waals surface area contributed by atoms with Gasteiger partial charge >= 0.3 is 0 Å². The van der Waals surface area contributed by atoms with Crippen LogP contribution in [0.1, 0.15) is 0 Å². The maximum Gasteiger partial charge on any atom is 0.269 e. The van der Waals surface area contributed by atoms with Crippen molar-refractivity contribution in [3.8, 4) is 0 Å². The second-order valence-electron chi connectivity index (χ2n) is 0.922. The standard InChI is InChI=1S/C4H6O2S2/c1-2-3-6-8-4(5)7/h2H,1,3H2,(H,5,7). The van der Waals surface area contributed by atoms with Crippen LogP contribution < -0.4 is 0 Å². The average Bonchev–Trinajstić information content (AvgIpc) is 1.66. The molecule has 0 aliphatic heterocycles. The molecule has 0 aliphatic rings. The molecule has 0 saturated heterocycles. The second kappa shape index (κ2) is 5.21. The first kappa shape index (κ1) is 8.07. The van der Waals surface area contributed by atoms with Crippen molar-refractivity contribution in [2.45, 2.75) is 0 Å². The summed E-state index contributed by atoms with van der Waals surface area (Å²) in [5.74, 6) is 0. The van der Waals surface area contributed by atoms with Crippen molar-refractivity contribution in [2.75, 3.05) is 6.61 Å². The van der Waals surface area contributed by atoms with E-state index in [0.29, 0.717) is 18.6 Å². The monoisotopic (exact) mass is 150 g/mol. The van der Waals surface area contributed by atoms with Crippen LogP contribution >= 0.6 is 24.7 Å². The van der Waals surface area contributed by atoms with Crippen LogP contribution in [-0.4, -0.2) is 11.1 Å². The van der Waals surface area contributed by atoms with Gasteiger partial charge in [-0.05, 0) is 0 Å². The molecule has 46 valence electrons. The summed E-state index contributed by atoms with van der Waals surface area (Å²) in [7, 11) is 0. The molecule has 0 heterocycles. The summed E-state index contributed by atoms with van der Waals surface area (Å²) in [4.78, 5) is 9.99. The molecule has 0 rings (SSSR count). The van der Waals surface area contributed by atoms with Crippen molar-refractivity contribution in [1.82, 2.24) is 0 Å².